The lowest BCUT2D eigenvalue weighted by molar-refractivity contribution is -0.113. The maximum atomic E-state index is 12.0. The summed E-state index contributed by atoms with van der Waals surface area (Å²) in [5.74, 6) is 1.76. The summed E-state index contributed by atoms with van der Waals surface area (Å²) >= 11 is 0. The number of ether oxygens (including phenoxy) is 1. The van der Waals surface area contributed by atoms with Crippen molar-refractivity contribution in [1.29, 1.82) is 0 Å². The van der Waals surface area contributed by atoms with Crippen LogP contribution in [-0.4, -0.2) is 29.8 Å². The SMILES string of the molecule is COC1(O)C2C3=C(c4cc(C(C)(C)C)c5ccccc5c4C21)C1C(CC2C4C=CC=C(CC(C)C)C4C=CC21)N=C3C. The topological polar surface area (TPSA) is 41.8 Å². The van der Waals surface area contributed by atoms with Crippen LogP contribution in [0.15, 0.2) is 76.9 Å². The molecule has 9 atom stereocenters. The van der Waals surface area contributed by atoms with Crippen LogP contribution in [0.3, 0.4) is 0 Å². The predicted octanol–water partition coefficient (Wildman–Crippen LogP) is 8.39. The van der Waals surface area contributed by atoms with Crippen LogP contribution in [0.1, 0.15) is 77.0 Å². The summed E-state index contributed by atoms with van der Waals surface area (Å²) in [6, 6.07) is 11.6. The number of dihydropyridines is 1. The molecule has 1 N–H and O–H groups in total. The number of rotatable bonds is 3. The van der Waals surface area contributed by atoms with E-state index in [1.165, 1.54) is 45.0 Å². The molecule has 3 nitrogen and oxygen atoms in total. The first-order chi connectivity index (χ1) is 20.0. The lowest BCUT2D eigenvalue weighted by atomic mass is 9.63. The number of fused-ring (bicyclic) bond motifs is 13. The van der Waals surface area contributed by atoms with E-state index in [9.17, 15) is 5.11 Å². The summed E-state index contributed by atoms with van der Waals surface area (Å²) in [6.07, 6.45) is 14.6. The van der Waals surface area contributed by atoms with Crippen molar-refractivity contribution in [1.82, 2.24) is 0 Å². The molecule has 0 spiro atoms. The number of nitrogens with zero attached hydrogens (tertiary/aromatic N) is 1. The van der Waals surface area contributed by atoms with Crippen molar-refractivity contribution in [3.8, 4) is 0 Å². The maximum Gasteiger partial charge on any atom is 0.180 e. The Kier molecular flexibility index (Phi) is 5.68. The van der Waals surface area contributed by atoms with E-state index in [-0.39, 0.29) is 23.3 Å². The molecule has 3 heteroatoms. The van der Waals surface area contributed by atoms with E-state index in [1.54, 1.807) is 12.7 Å². The third-order valence-corrected chi connectivity index (χ3v) is 11.6. The lowest BCUT2D eigenvalue weighted by Crippen LogP contribution is -2.34. The minimum Gasteiger partial charge on any atom is -0.364 e. The zero-order chi connectivity index (χ0) is 29.3. The van der Waals surface area contributed by atoms with E-state index in [0.29, 0.717) is 35.5 Å². The van der Waals surface area contributed by atoms with Crippen molar-refractivity contribution in [2.45, 2.75) is 77.5 Å². The Morgan fingerprint density at radius 1 is 1.02 bits per heavy atom. The second kappa shape index (κ2) is 8.89. The summed E-state index contributed by atoms with van der Waals surface area (Å²) in [6.45, 7) is 13.8. The number of methoxy groups -OCH3 is 1. The first kappa shape index (κ1) is 26.8. The normalized spacial score (nSPS) is 37.5. The third kappa shape index (κ3) is 3.50. The van der Waals surface area contributed by atoms with Gasteiger partial charge in [-0.2, -0.15) is 0 Å². The molecule has 2 saturated carbocycles. The molecule has 8 rings (SSSR count). The number of aliphatic imine (C=N–C) groups is 1. The fourth-order valence-corrected chi connectivity index (χ4v) is 10.0. The molecule has 0 saturated heterocycles. The van der Waals surface area contributed by atoms with Gasteiger partial charge in [0.05, 0.1) is 17.9 Å². The summed E-state index contributed by atoms with van der Waals surface area (Å²) in [7, 11) is 1.68. The third-order valence-electron chi connectivity index (χ3n) is 11.6. The molecule has 2 fully saturated rings. The summed E-state index contributed by atoms with van der Waals surface area (Å²) < 4.78 is 5.97. The standard InChI is InChI=1S/C39H45NO2/c1-20(2)17-22-11-10-14-24-23(22)15-16-27-28(24)19-31-34(27)35-29-18-30(38(4,5)6)25-12-8-9-13-26(25)33(29)37-36(39(37,41)42-7)32(35)21(3)40-31/h8-16,18,20,23-24,27-28,31,34,36-37,41H,17,19H2,1-7H3. The highest BCUT2D eigenvalue weighted by Crippen LogP contribution is 2.70. The van der Waals surface area contributed by atoms with Gasteiger partial charge in [-0.05, 0) is 93.5 Å². The first-order valence-corrected chi connectivity index (χ1v) is 16.2. The van der Waals surface area contributed by atoms with Gasteiger partial charge in [-0.15, -0.1) is 0 Å². The van der Waals surface area contributed by atoms with Crippen LogP contribution in [0.2, 0.25) is 0 Å². The molecule has 6 aliphatic rings. The lowest BCUT2D eigenvalue weighted by Gasteiger charge is -2.41. The van der Waals surface area contributed by atoms with Gasteiger partial charge in [0.15, 0.2) is 5.79 Å². The average molecular weight is 560 g/mol. The highest BCUT2D eigenvalue weighted by Gasteiger charge is 2.72. The quantitative estimate of drug-likeness (QED) is 0.303. The number of hydrogen-bond donors (Lipinski definition) is 1. The second-order valence-corrected chi connectivity index (χ2v) is 15.4. The van der Waals surface area contributed by atoms with Crippen molar-refractivity contribution in [2.75, 3.05) is 7.11 Å². The summed E-state index contributed by atoms with van der Waals surface area (Å²) in [5, 5.41) is 14.6. The van der Waals surface area contributed by atoms with Crippen LogP contribution in [0.5, 0.6) is 0 Å². The van der Waals surface area contributed by atoms with Gasteiger partial charge in [-0.25, -0.2) is 0 Å². The molecule has 218 valence electrons. The van der Waals surface area contributed by atoms with E-state index >= 15 is 0 Å². The van der Waals surface area contributed by atoms with Crippen molar-refractivity contribution >= 4 is 22.1 Å². The Morgan fingerprint density at radius 2 is 1.79 bits per heavy atom. The van der Waals surface area contributed by atoms with Crippen molar-refractivity contribution in [3.63, 3.8) is 0 Å². The minimum atomic E-state index is -1.18. The van der Waals surface area contributed by atoms with Crippen LogP contribution in [0, 0.1) is 41.4 Å². The van der Waals surface area contributed by atoms with Crippen LogP contribution in [0.25, 0.3) is 16.3 Å². The van der Waals surface area contributed by atoms with Gasteiger partial charge >= 0.3 is 0 Å². The molecule has 1 heterocycles. The van der Waals surface area contributed by atoms with Crippen molar-refractivity contribution < 1.29 is 9.84 Å². The zero-order valence-electron chi connectivity index (χ0n) is 26.2. The molecule has 1 aliphatic heterocycles. The number of aliphatic hydroxyl groups is 1. The number of benzene rings is 2. The van der Waals surface area contributed by atoms with Crippen molar-refractivity contribution in [2.24, 2.45) is 46.4 Å². The van der Waals surface area contributed by atoms with E-state index in [0.717, 1.165) is 12.1 Å². The zero-order valence-corrected chi connectivity index (χ0v) is 26.2. The van der Waals surface area contributed by atoms with Gasteiger partial charge in [0, 0.05) is 24.7 Å². The smallest absolute Gasteiger partial charge is 0.180 e. The Hall–Kier alpha value is -2.75. The van der Waals surface area contributed by atoms with Gasteiger partial charge < -0.3 is 9.84 Å². The van der Waals surface area contributed by atoms with Crippen LogP contribution in [0.4, 0.5) is 0 Å². The van der Waals surface area contributed by atoms with E-state index < -0.39 is 5.79 Å². The van der Waals surface area contributed by atoms with Gasteiger partial charge in [0.25, 0.3) is 0 Å². The molecule has 0 amide bonds. The number of allylic oxidation sites excluding steroid dienone is 6. The van der Waals surface area contributed by atoms with E-state index in [4.69, 9.17) is 9.73 Å². The van der Waals surface area contributed by atoms with Gasteiger partial charge in [-0.3, -0.25) is 4.99 Å². The van der Waals surface area contributed by atoms with Crippen molar-refractivity contribution in [3.05, 3.63) is 88.5 Å². The minimum absolute atomic E-state index is 0.00721. The largest absolute Gasteiger partial charge is 0.364 e. The van der Waals surface area contributed by atoms with Crippen LogP contribution in [-0.2, 0) is 10.2 Å². The predicted molar refractivity (Wildman–Crippen MR) is 173 cm³/mol. The molecule has 5 aliphatic carbocycles. The van der Waals surface area contributed by atoms with Gasteiger partial charge in [-0.1, -0.05) is 94.8 Å². The molecule has 9 unspecified atom stereocenters. The van der Waals surface area contributed by atoms with E-state index in [1.807, 2.05) is 0 Å². The fraction of sp³-hybridized carbons (Fsp3) is 0.513. The summed E-state index contributed by atoms with van der Waals surface area (Å²) in [5.41, 5.74) is 9.45. The molecule has 2 aromatic rings. The monoisotopic (exact) mass is 559 g/mol. The summed E-state index contributed by atoms with van der Waals surface area (Å²) in [4.78, 5) is 5.46. The Bertz CT molecular complexity index is 1660. The van der Waals surface area contributed by atoms with Gasteiger partial charge in [0.1, 0.15) is 0 Å². The van der Waals surface area contributed by atoms with E-state index in [2.05, 4.69) is 102 Å². The second-order valence-electron chi connectivity index (χ2n) is 15.4. The fourth-order valence-electron chi connectivity index (χ4n) is 10.0. The Balaban J connectivity index is 1.34. The molecule has 2 aromatic carbocycles. The average Bonchev–Trinajstić information content (AvgIpc) is 3.39. The Morgan fingerprint density at radius 3 is 2.50 bits per heavy atom. The highest BCUT2D eigenvalue weighted by molar-refractivity contribution is 6.11. The highest BCUT2D eigenvalue weighted by atomic mass is 16.6. The molecule has 0 aromatic heterocycles. The van der Waals surface area contributed by atoms with Crippen LogP contribution >= 0.6 is 0 Å². The van der Waals surface area contributed by atoms with Crippen LogP contribution < -0.4 is 0 Å². The molecular weight excluding hydrogens is 514 g/mol. The molecule has 42 heavy (non-hydrogen) atoms. The number of hydrogen-bond acceptors (Lipinski definition) is 3. The molecule has 0 bridgehead atoms. The maximum absolute atomic E-state index is 12.0. The first-order valence-electron chi connectivity index (χ1n) is 16.2. The Labute approximate surface area is 251 Å². The van der Waals surface area contributed by atoms with Gasteiger partial charge in [0.2, 0.25) is 0 Å². The molecular formula is C39H45NO2. The molecule has 0 radical (unpaired) electrons.